The van der Waals surface area contributed by atoms with E-state index in [-0.39, 0.29) is 0 Å². The average molecular weight is 697 g/mol. The van der Waals surface area contributed by atoms with Crippen molar-refractivity contribution in [3.05, 3.63) is 194 Å². The van der Waals surface area contributed by atoms with Crippen molar-refractivity contribution in [2.45, 2.75) is 0 Å². The Labute approximate surface area is 317 Å². The lowest BCUT2D eigenvalue weighted by Gasteiger charge is -2.18. The van der Waals surface area contributed by atoms with E-state index >= 15 is 0 Å². The highest BCUT2D eigenvalue weighted by Gasteiger charge is 2.17. The van der Waals surface area contributed by atoms with Gasteiger partial charge in [-0.25, -0.2) is 0 Å². The summed E-state index contributed by atoms with van der Waals surface area (Å²) in [5.74, 6) is 0. The second-order valence-corrected chi connectivity index (χ2v) is 14.8. The first kappa shape index (κ1) is 30.3. The first-order valence-corrected chi connectivity index (χ1v) is 19.0. The number of hydrogen-bond acceptors (Lipinski definition) is 1. The molecule has 0 N–H and O–H groups in total. The number of rotatable bonds is 3. The molecule has 0 amide bonds. The van der Waals surface area contributed by atoms with Gasteiger partial charge in [0.15, 0.2) is 0 Å². The highest BCUT2D eigenvalue weighted by Crippen LogP contribution is 2.45. The van der Waals surface area contributed by atoms with Gasteiger partial charge < -0.3 is 4.42 Å². The van der Waals surface area contributed by atoms with Crippen LogP contribution < -0.4 is 0 Å². The standard InChI is InChI=1S/C54H32O/c1-2-10-33(11-3-1)37-23-26-45-48(30-37)41-14-6-8-16-43(41)53-46-27-24-38(31-49(46)42-15-7-9-17-44(42)52(45)53)34-18-20-35(21-19-34)39-25-29-51-50(32-39)47-28-22-36-12-4-5-13-40(36)54(47)55-51/h1-32H. The highest BCUT2D eigenvalue weighted by molar-refractivity contribution is 6.39. The summed E-state index contributed by atoms with van der Waals surface area (Å²) in [5, 5.41) is 17.6. The molecular formula is C54H32O. The normalized spacial score (nSPS) is 12.0. The first-order valence-electron chi connectivity index (χ1n) is 19.0. The molecule has 1 aromatic heterocycles. The van der Waals surface area contributed by atoms with Crippen LogP contribution in [0.5, 0.6) is 0 Å². The van der Waals surface area contributed by atoms with E-state index in [1.807, 2.05) is 0 Å². The monoisotopic (exact) mass is 696 g/mol. The van der Waals surface area contributed by atoms with Gasteiger partial charge in [0, 0.05) is 16.2 Å². The van der Waals surface area contributed by atoms with E-state index in [0.29, 0.717) is 0 Å². The van der Waals surface area contributed by atoms with Crippen LogP contribution in [0.2, 0.25) is 0 Å². The summed E-state index contributed by atoms with van der Waals surface area (Å²) in [6, 6.07) is 71.1. The largest absolute Gasteiger partial charge is 0.455 e. The topological polar surface area (TPSA) is 13.1 Å². The molecule has 1 nitrogen and oxygen atoms in total. The summed E-state index contributed by atoms with van der Waals surface area (Å²) < 4.78 is 6.39. The Hall–Kier alpha value is -7.22. The maximum atomic E-state index is 6.39. The molecule has 0 bridgehead atoms. The Balaban J connectivity index is 1.01. The molecule has 0 fully saturated rings. The quantitative estimate of drug-likeness (QED) is 0.168. The van der Waals surface area contributed by atoms with E-state index in [2.05, 4.69) is 194 Å². The van der Waals surface area contributed by atoms with Crippen LogP contribution in [0.15, 0.2) is 199 Å². The van der Waals surface area contributed by atoms with Crippen LogP contribution >= 0.6 is 0 Å². The van der Waals surface area contributed by atoms with Gasteiger partial charge in [-0.1, -0.05) is 164 Å². The molecule has 0 radical (unpaired) electrons. The van der Waals surface area contributed by atoms with E-state index in [9.17, 15) is 0 Å². The van der Waals surface area contributed by atoms with Crippen LogP contribution in [0.25, 0.3) is 120 Å². The van der Waals surface area contributed by atoms with Crippen LogP contribution in [-0.2, 0) is 0 Å². The number of benzene rings is 11. The molecular weight excluding hydrogens is 665 g/mol. The van der Waals surface area contributed by atoms with Crippen LogP contribution in [0.1, 0.15) is 0 Å². The minimum absolute atomic E-state index is 0.917. The predicted molar refractivity (Wildman–Crippen MR) is 235 cm³/mol. The third-order valence-electron chi connectivity index (χ3n) is 11.8. The van der Waals surface area contributed by atoms with Gasteiger partial charge in [0.1, 0.15) is 11.2 Å². The Morgan fingerprint density at radius 2 is 0.655 bits per heavy atom. The molecule has 1 heteroatoms. The van der Waals surface area contributed by atoms with E-state index in [1.54, 1.807) is 0 Å². The smallest absolute Gasteiger partial charge is 0.143 e. The van der Waals surface area contributed by atoms with Gasteiger partial charge in [0.05, 0.1) is 0 Å². The Morgan fingerprint density at radius 3 is 1.25 bits per heavy atom. The zero-order valence-electron chi connectivity index (χ0n) is 29.9. The van der Waals surface area contributed by atoms with E-state index in [4.69, 9.17) is 4.42 Å². The van der Waals surface area contributed by atoms with Gasteiger partial charge in [0.2, 0.25) is 0 Å². The van der Waals surface area contributed by atoms with Gasteiger partial charge in [-0.2, -0.15) is 0 Å². The summed E-state index contributed by atoms with van der Waals surface area (Å²) in [6.07, 6.45) is 0. The zero-order chi connectivity index (χ0) is 36.0. The van der Waals surface area contributed by atoms with Crippen molar-refractivity contribution in [2.24, 2.45) is 0 Å². The molecule has 0 atom stereocenters. The summed E-state index contributed by atoms with van der Waals surface area (Å²) in [6.45, 7) is 0. The molecule has 12 aromatic rings. The van der Waals surface area contributed by atoms with Crippen LogP contribution in [-0.4, -0.2) is 0 Å². The molecule has 0 saturated heterocycles. The van der Waals surface area contributed by atoms with Gasteiger partial charge >= 0.3 is 0 Å². The van der Waals surface area contributed by atoms with E-state index in [0.717, 1.165) is 27.3 Å². The van der Waals surface area contributed by atoms with Gasteiger partial charge in [-0.15, -0.1) is 0 Å². The number of furan rings is 1. The molecule has 0 aliphatic carbocycles. The summed E-state index contributed by atoms with van der Waals surface area (Å²) >= 11 is 0. The number of hydrogen-bond donors (Lipinski definition) is 0. The SMILES string of the molecule is c1ccc(-c2ccc3c(c2)c2ccccc2c2c4ccc(-c5ccc(-c6ccc7oc8c9ccccc9ccc8c7c6)cc5)cc4c4ccccc4c32)cc1. The zero-order valence-corrected chi connectivity index (χ0v) is 29.9. The molecule has 0 saturated carbocycles. The second-order valence-electron chi connectivity index (χ2n) is 14.8. The minimum atomic E-state index is 0.917. The molecule has 12 rings (SSSR count). The van der Waals surface area contributed by atoms with Gasteiger partial charge in [0.25, 0.3) is 0 Å². The minimum Gasteiger partial charge on any atom is -0.455 e. The predicted octanol–water partition coefficient (Wildman–Crippen LogP) is 15.5. The Kier molecular flexibility index (Phi) is 6.40. The van der Waals surface area contributed by atoms with Crippen molar-refractivity contribution in [2.75, 3.05) is 0 Å². The summed E-state index contributed by atoms with van der Waals surface area (Å²) in [5.41, 5.74) is 9.13. The highest BCUT2D eigenvalue weighted by atomic mass is 16.3. The maximum absolute atomic E-state index is 6.39. The van der Waals surface area contributed by atoms with Crippen molar-refractivity contribution in [1.82, 2.24) is 0 Å². The fraction of sp³-hybridized carbons (Fsp3) is 0. The fourth-order valence-corrected chi connectivity index (χ4v) is 9.20. The lowest BCUT2D eigenvalue weighted by atomic mass is 9.85. The fourth-order valence-electron chi connectivity index (χ4n) is 9.20. The molecule has 55 heavy (non-hydrogen) atoms. The summed E-state index contributed by atoms with van der Waals surface area (Å²) in [4.78, 5) is 0. The first-order chi connectivity index (χ1) is 27.3. The molecule has 0 spiro atoms. The van der Waals surface area contributed by atoms with Crippen molar-refractivity contribution in [3.63, 3.8) is 0 Å². The Bertz CT molecular complexity index is 3520. The van der Waals surface area contributed by atoms with Gasteiger partial charge in [-0.3, -0.25) is 0 Å². The molecule has 254 valence electrons. The van der Waals surface area contributed by atoms with Crippen LogP contribution in [0, 0.1) is 0 Å². The number of fused-ring (bicyclic) bond motifs is 16. The maximum Gasteiger partial charge on any atom is 0.143 e. The van der Waals surface area contributed by atoms with E-state index in [1.165, 1.54) is 92.6 Å². The lowest BCUT2D eigenvalue weighted by Crippen LogP contribution is -1.90. The molecule has 0 aliphatic heterocycles. The second kappa shape index (κ2) is 11.6. The lowest BCUT2D eigenvalue weighted by molar-refractivity contribution is 0.672. The molecule has 0 aliphatic rings. The molecule has 0 unspecified atom stereocenters. The van der Waals surface area contributed by atoms with Crippen molar-refractivity contribution in [1.29, 1.82) is 0 Å². The van der Waals surface area contributed by atoms with Crippen molar-refractivity contribution in [3.8, 4) is 33.4 Å². The van der Waals surface area contributed by atoms with E-state index < -0.39 is 0 Å². The van der Waals surface area contributed by atoms with Crippen LogP contribution in [0.3, 0.4) is 0 Å². The third kappa shape index (κ3) is 4.54. The third-order valence-corrected chi connectivity index (χ3v) is 11.8. The van der Waals surface area contributed by atoms with Gasteiger partial charge in [-0.05, 0) is 123 Å². The Morgan fingerprint density at radius 1 is 0.236 bits per heavy atom. The average Bonchev–Trinajstić information content (AvgIpc) is 3.65. The molecule has 1 heterocycles. The van der Waals surface area contributed by atoms with Crippen LogP contribution in [0.4, 0.5) is 0 Å². The molecule has 11 aromatic carbocycles. The summed E-state index contributed by atoms with van der Waals surface area (Å²) in [7, 11) is 0. The van der Waals surface area contributed by atoms with Crippen molar-refractivity contribution < 1.29 is 4.42 Å². The van der Waals surface area contributed by atoms with Crippen molar-refractivity contribution >= 4 is 86.6 Å².